The Morgan fingerprint density at radius 3 is 2.65 bits per heavy atom. The minimum atomic E-state index is -0.118. The molecule has 4 rings (SSSR count). The molecule has 1 spiro atoms. The van der Waals surface area contributed by atoms with Gasteiger partial charge in [-0.05, 0) is 67.4 Å². The summed E-state index contributed by atoms with van der Waals surface area (Å²) in [5, 5.41) is 10.6. The molecule has 0 amide bonds. The molecule has 2 nitrogen and oxygen atoms in total. The fourth-order valence-electron chi connectivity index (χ4n) is 6.61. The molecule has 26 heavy (non-hydrogen) atoms. The van der Waals surface area contributed by atoms with E-state index in [0.29, 0.717) is 16.9 Å². The molecule has 0 unspecified atom stereocenters. The maximum Gasteiger partial charge on any atom is 0.0640 e. The van der Waals surface area contributed by atoms with Crippen molar-refractivity contribution in [1.82, 2.24) is 0 Å². The molecule has 0 radical (unpaired) electrons. The van der Waals surface area contributed by atoms with E-state index in [0.717, 1.165) is 37.5 Å². The second-order valence-corrected chi connectivity index (χ2v) is 11.1. The topological polar surface area (TPSA) is 29.5 Å². The fraction of sp³-hybridized carbons (Fsp3) is 0.739. The number of fused-ring (bicyclic) bond motifs is 1. The van der Waals surface area contributed by atoms with E-state index in [1.165, 1.54) is 24.2 Å². The molecule has 3 aliphatic rings. The first-order chi connectivity index (χ1) is 12.4. The number of aliphatic hydroxyl groups excluding tert-OH is 1. The first-order valence-corrected chi connectivity index (χ1v) is 11.3. The van der Waals surface area contributed by atoms with Gasteiger partial charge in [-0.15, -0.1) is 11.8 Å². The van der Waals surface area contributed by atoms with E-state index in [1.807, 2.05) is 11.8 Å². The average molecular weight is 375 g/mol. The van der Waals surface area contributed by atoms with E-state index in [9.17, 15) is 5.11 Å². The molecule has 0 aromatic heterocycles. The van der Waals surface area contributed by atoms with Gasteiger partial charge in [-0.3, -0.25) is 0 Å². The normalized spacial score (nSPS) is 41.0. The van der Waals surface area contributed by atoms with Gasteiger partial charge in [0, 0.05) is 16.1 Å². The summed E-state index contributed by atoms with van der Waals surface area (Å²) in [7, 11) is 0. The summed E-state index contributed by atoms with van der Waals surface area (Å²) in [4.78, 5) is 1.32. The van der Waals surface area contributed by atoms with Crippen LogP contribution in [0.4, 0.5) is 0 Å². The van der Waals surface area contributed by atoms with Crippen LogP contribution in [-0.4, -0.2) is 29.7 Å². The third-order valence-electron chi connectivity index (χ3n) is 7.83. The van der Waals surface area contributed by atoms with Crippen LogP contribution in [0.15, 0.2) is 35.2 Å². The van der Waals surface area contributed by atoms with Crippen molar-refractivity contribution in [2.24, 2.45) is 22.2 Å². The van der Waals surface area contributed by atoms with Crippen LogP contribution in [0, 0.1) is 22.2 Å². The van der Waals surface area contributed by atoms with Crippen molar-refractivity contribution < 1.29 is 9.84 Å². The number of benzene rings is 1. The highest BCUT2D eigenvalue weighted by atomic mass is 32.2. The van der Waals surface area contributed by atoms with Crippen LogP contribution < -0.4 is 0 Å². The molecule has 0 aliphatic heterocycles. The Bertz CT molecular complexity index is 630. The van der Waals surface area contributed by atoms with Crippen LogP contribution in [0.2, 0.25) is 0 Å². The van der Waals surface area contributed by atoms with Crippen molar-refractivity contribution in [3.63, 3.8) is 0 Å². The molecule has 1 N–H and O–H groups in total. The summed E-state index contributed by atoms with van der Waals surface area (Å²) in [5.41, 5.74) is 0.767. The number of ether oxygens (including phenoxy) is 1. The molecule has 3 heteroatoms. The Hall–Kier alpha value is -0.510. The molecule has 1 aromatic carbocycles. The standard InChI is InChI=1S/C23H34O2S/c1-21(2)15-20(25-13-14-26-17-7-5-4-6-8-17)23-12-10-19(24)22(3,16-23)11-9-18(21)23/h4-8,18-20,24H,9-16H2,1-3H3/t18-,19+,20-,22+,23-/m0/s1. The van der Waals surface area contributed by atoms with Gasteiger partial charge in [-0.1, -0.05) is 39.0 Å². The summed E-state index contributed by atoms with van der Waals surface area (Å²) < 4.78 is 6.58. The second-order valence-electron chi connectivity index (χ2n) is 9.92. The van der Waals surface area contributed by atoms with E-state index >= 15 is 0 Å². The second kappa shape index (κ2) is 6.83. The lowest BCUT2D eigenvalue weighted by Crippen LogP contribution is -2.54. The zero-order valence-corrected chi connectivity index (χ0v) is 17.4. The van der Waals surface area contributed by atoms with Crippen LogP contribution >= 0.6 is 11.8 Å². The first kappa shape index (κ1) is 18.8. The third kappa shape index (κ3) is 3.14. The number of aliphatic hydroxyl groups is 1. The largest absolute Gasteiger partial charge is 0.393 e. The van der Waals surface area contributed by atoms with Crippen LogP contribution in [0.3, 0.4) is 0 Å². The van der Waals surface area contributed by atoms with Gasteiger partial charge in [-0.2, -0.15) is 0 Å². The molecule has 0 heterocycles. The summed E-state index contributed by atoms with van der Waals surface area (Å²) >= 11 is 1.89. The fourth-order valence-corrected chi connectivity index (χ4v) is 7.37. The molecule has 0 saturated heterocycles. The van der Waals surface area contributed by atoms with Gasteiger partial charge in [0.15, 0.2) is 0 Å². The van der Waals surface area contributed by atoms with Crippen LogP contribution in [0.5, 0.6) is 0 Å². The van der Waals surface area contributed by atoms with E-state index in [2.05, 4.69) is 51.1 Å². The highest BCUT2D eigenvalue weighted by Gasteiger charge is 2.65. The minimum Gasteiger partial charge on any atom is -0.393 e. The number of thioether (sulfide) groups is 1. The summed E-state index contributed by atoms with van der Waals surface area (Å²) in [6, 6.07) is 10.6. The lowest BCUT2D eigenvalue weighted by molar-refractivity contribution is -0.154. The van der Waals surface area contributed by atoms with Crippen molar-refractivity contribution >= 4 is 11.8 Å². The quantitative estimate of drug-likeness (QED) is 0.542. The maximum absolute atomic E-state index is 10.6. The Morgan fingerprint density at radius 1 is 1.12 bits per heavy atom. The van der Waals surface area contributed by atoms with Crippen molar-refractivity contribution in [2.45, 2.75) is 76.4 Å². The van der Waals surface area contributed by atoms with Crippen molar-refractivity contribution in [3.05, 3.63) is 30.3 Å². The number of rotatable bonds is 5. The van der Waals surface area contributed by atoms with E-state index in [4.69, 9.17) is 4.74 Å². The van der Waals surface area contributed by atoms with Gasteiger partial charge >= 0.3 is 0 Å². The molecule has 3 saturated carbocycles. The molecule has 144 valence electrons. The molecule has 3 fully saturated rings. The molecule has 2 bridgehead atoms. The minimum absolute atomic E-state index is 0.107. The number of hydrogen-bond acceptors (Lipinski definition) is 3. The van der Waals surface area contributed by atoms with Gasteiger partial charge in [0.25, 0.3) is 0 Å². The van der Waals surface area contributed by atoms with E-state index in [-0.39, 0.29) is 11.5 Å². The van der Waals surface area contributed by atoms with Crippen LogP contribution in [-0.2, 0) is 4.74 Å². The zero-order valence-electron chi connectivity index (χ0n) is 16.5. The smallest absolute Gasteiger partial charge is 0.0640 e. The Balaban J connectivity index is 1.44. The van der Waals surface area contributed by atoms with Crippen molar-refractivity contribution in [2.75, 3.05) is 12.4 Å². The molecular weight excluding hydrogens is 340 g/mol. The van der Waals surface area contributed by atoms with Gasteiger partial charge < -0.3 is 9.84 Å². The average Bonchev–Trinajstić information content (AvgIpc) is 2.82. The summed E-state index contributed by atoms with van der Waals surface area (Å²) in [6.07, 6.45) is 7.14. The van der Waals surface area contributed by atoms with E-state index in [1.54, 1.807) is 0 Å². The van der Waals surface area contributed by atoms with Crippen molar-refractivity contribution in [3.8, 4) is 0 Å². The first-order valence-electron chi connectivity index (χ1n) is 10.3. The highest BCUT2D eigenvalue weighted by molar-refractivity contribution is 7.99. The van der Waals surface area contributed by atoms with Crippen LogP contribution in [0.1, 0.15) is 59.3 Å². The van der Waals surface area contributed by atoms with Gasteiger partial charge in [0.05, 0.1) is 18.8 Å². The van der Waals surface area contributed by atoms with Gasteiger partial charge in [0.2, 0.25) is 0 Å². The monoisotopic (exact) mass is 374 g/mol. The van der Waals surface area contributed by atoms with Gasteiger partial charge in [0.1, 0.15) is 0 Å². The zero-order chi connectivity index (χ0) is 18.4. The molecule has 1 aromatic rings. The summed E-state index contributed by atoms with van der Waals surface area (Å²) in [5.74, 6) is 1.77. The Kier molecular flexibility index (Phi) is 4.95. The van der Waals surface area contributed by atoms with Crippen LogP contribution in [0.25, 0.3) is 0 Å². The Morgan fingerprint density at radius 2 is 1.88 bits per heavy atom. The molecular formula is C23H34O2S. The molecule has 3 aliphatic carbocycles. The Labute approximate surface area is 163 Å². The van der Waals surface area contributed by atoms with Crippen molar-refractivity contribution in [1.29, 1.82) is 0 Å². The third-order valence-corrected chi connectivity index (χ3v) is 8.81. The SMILES string of the molecule is CC1(C)C[C@H](OCCSc2ccccc2)[C@]23CC[C@@H](O)[C@](C)(CC[C@@H]12)C3. The number of hydrogen-bond donors (Lipinski definition) is 1. The lowest BCUT2D eigenvalue weighted by atomic mass is 9.49. The molecule has 5 atom stereocenters. The lowest BCUT2D eigenvalue weighted by Gasteiger charge is -2.58. The predicted octanol–water partition coefficient (Wildman–Crippen LogP) is 5.54. The van der Waals surface area contributed by atoms with E-state index < -0.39 is 0 Å². The predicted molar refractivity (Wildman–Crippen MR) is 108 cm³/mol. The van der Waals surface area contributed by atoms with Gasteiger partial charge in [-0.25, -0.2) is 0 Å². The highest BCUT2D eigenvalue weighted by Crippen LogP contribution is 2.69. The summed E-state index contributed by atoms with van der Waals surface area (Å²) in [6.45, 7) is 8.06. The maximum atomic E-state index is 10.6.